The fourth-order valence-electron chi connectivity index (χ4n) is 1.04. The molecular formula is C9H5Br2F3O2. The van der Waals surface area contributed by atoms with Crippen LogP contribution in [0.25, 0.3) is 0 Å². The molecule has 0 saturated heterocycles. The van der Waals surface area contributed by atoms with Gasteiger partial charge < -0.3 is 4.74 Å². The Balaban J connectivity index is 3.30. The molecule has 0 bridgehead atoms. The average molecular weight is 362 g/mol. The van der Waals surface area contributed by atoms with Crippen molar-refractivity contribution in [3.63, 3.8) is 0 Å². The molecule has 0 amide bonds. The molecule has 0 atom stereocenters. The Kier molecular flexibility index (Phi) is 4.01. The van der Waals surface area contributed by atoms with Gasteiger partial charge in [0.1, 0.15) is 0 Å². The molecule has 0 saturated carbocycles. The van der Waals surface area contributed by atoms with Gasteiger partial charge in [0.2, 0.25) is 0 Å². The molecule has 1 aromatic rings. The van der Waals surface area contributed by atoms with Gasteiger partial charge in [-0.25, -0.2) is 0 Å². The third-order valence-corrected chi connectivity index (χ3v) is 2.65. The zero-order chi connectivity index (χ0) is 12.5. The second-order valence-corrected chi connectivity index (χ2v) is 4.64. The Morgan fingerprint density at radius 2 is 1.88 bits per heavy atom. The average Bonchev–Trinajstić information content (AvgIpc) is 2.07. The molecule has 0 aliphatic rings. The smallest absolute Gasteiger partial charge is 0.404 e. The summed E-state index contributed by atoms with van der Waals surface area (Å²) in [6.07, 6.45) is -4.83. The molecule has 0 N–H and O–H groups in total. The van der Waals surface area contributed by atoms with Crippen LogP contribution in [0.4, 0.5) is 13.2 Å². The SMILES string of the molecule is CC(=O)c1cc(Br)cc(Br)c1OC(F)(F)F. The Labute approximate surface area is 106 Å². The first kappa shape index (κ1) is 13.5. The summed E-state index contributed by atoms with van der Waals surface area (Å²) < 4.78 is 40.6. The summed E-state index contributed by atoms with van der Waals surface area (Å²) in [6.45, 7) is 1.16. The predicted octanol–water partition coefficient (Wildman–Crippen LogP) is 4.31. The van der Waals surface area contributed by atoms with Gasteiger partial charge in [-0.1, -0.05) is 15.9 Å². The van der Waals surface area contributed by atoms with Gasteiger partial charge in [0.15, 0.2) is 11.5 Å². The number of Topliss-reactive ketones (excluding diaryl/α,β-unsaturated/α-hetero) is 1. The van der Waals surface area contributed by atoms with Crippen LogP contribution in [0.15, 0.2) is 21.1 Å². The van der Waals surface area contributed by atoms with Crippen LogP contribution in [0.5, 0.6) is 5.75 Å². The summed E-state index contributed by atoms with van der Waals surface area (Å²) in [5.41, 5.74) is -0.140. The van der Waals surface area contributed by atoms with Crippen molar-refractivity contribution in [1.29, 1.82) is 0 Å². The van der Waals surface area contributed by atoms with Crippen molar-refractivity contribution in [2.75, 3.05) is 0 Å². The molecule has 1 aromatic carbocycles. The maximum atomic E-state index is 12.1. The predicted molar refractivity (Wildman–Crippen MR) is 58.5 cm³/mol. The van der Waals surface area contributed by atoms with E-state index in [9.17, 15) is 18.0 Å². The third kappa shape index (κ3) is 3.48. The van der Waals surface area contributed by atoms with E-state index in [2.05, 4.69) is 36.6 Å². The van der Waals surface area contributed by atoms with Gasteiger partial charge >= 0.3 is 6.36 Å². The van der Waals surface area contributed by atoms with Crippen molar-refractivity contribution < 1.29 is 22.7 Å². The summed E-state index contributed by atoms with van der Waals surface area (Å²) in [4.78, 5) is 11.2. The van der Waals surface area contributed by atoms with E-state index in [0.29, 0.717) is 4.47 Å². The maximum absolute atomic E-state index is 12.1. The minimum absolute atomic E-state index is 0.0596. The fourth-order valence-corrected chi connectivity index (χ4v) is 2.35. The van der Waals surface area contributed by atoms with Gasteiger partial charge in [-0.05, 0) is 35.0 Å². The van der Waals surface area contributed by atoms with Crippen LogP contribution in [-0.2, 0) is 0 Å². The summed E-state index contributed by atoms with van der Waals surface area (Å²) >= 11 is 5.99. The van der Waals surface area contributed by atoms with Crippen LogP contribution >= 0.6 is 31.9 Å². The van der Waals surface area contributed by atoms with Gasteiger partial charge in [-0.3, -0.25) is 4.79 Å². The van der Waals surface area contributed by atoms with Gasteiger partial charge in [0.05, 0.1) is 10.0 Å². The van der Waals surface area contributed by atoms with Gasteiger partial charge in [0.25, 0.3) is 0 Å². The summed E-state index contributed by atoms with van der Waals surface area (Å²) in [6, 6.07) is 2.64. The lowest BCUT2D eigenvalue weighted by Crippen LogP contribution is -2.19. The van der Waals surface area contributed by atoms with E-state index < -0.39 is 17.9 Å². The van der Waals surface area contributed by atoms with E-state index >= 15 is 0 Å². The Hall–Kier alpha value is -0.560. The highest BCUT2D eigenvalue weighted by Gasteiger charge is 2.33. The molecule has 0 aromatic heterocycles. The zero-order valence-electron chi connectivity index (χ0n) is 7.86. The summed E-state index contributed by atoms with van der Waals surface area (Å²) in [7, 11) is 0. The van der Waals surface area contributed by atoms with Gasteiger partial charge in [-0.2, -0.15) is 0 Å². The quantitative estimate of drug-likeness (QED) is 0.733. The lowest BCUT2D eigenvalue weighted by Gasteiger charge is -2.13. The molecule has 0 spiro atoms. The maximum Gasteiger partial charge on any atom is 0.573 e. The number of hydrogen-bond donors (Lipinski definition) is 0. The minimum Gasteiger partial charge on any atom is -0.404 e. The van der Waals surface area contributed by atoms with Crippen molar-refractivity contribution in [3.05, 3.63) is 26.6 Å². The lowest BCUT2D eigenvalue weighted by atomic mass is 10.1. The van der Waals surface area contributed by atoms with Gasteiger partial charge in [0, 0.05) is 4.47 Å². The normalized spacial score (nSPS) is 11.4. The Morgan fingerprint density at radius 3 is 2.31 bits per heavy atom. The first-order valence-electron chi connectivity index (χ1n) is 3.96. The minimum atomic E-state index is -4.83. The van der Waals surface area contributed by atoms with E-state index in [1.165, 1.54) is 12.1 Å². The van der Waals surface area contributed by atoms with Crippen LogP contribution in [0.1, 0.15) is 17.3 Å². The summed E-state index contributed by atoms with van der Waals surface area (Å²) in [5.74, 6) is -1.04. The number of hydrogen-bond acceptors (Lipinski definition) is 2. The van der Waals surface area contributed by atoms with Crippen molar-refractivity contribution >= 4 is 37.6 Å². The van der Waals surface area contributed by atoms with E-state index in [0.717, 1.165) is 6.92 Å². The summed E-state index contributed by atoms with van der Waals surface area (Å²) in [5, 5.41) is 0. The molecule has 88 valence electrons. The van der Waals surface area contributed by atoms with Crippen molar-refractivity contribution in [2.45, 2.75) is 13.3 Å². The van der Waals surface area contributed by atoms with Crippen LogP contribution in [-0.4, -0.2) is 12.1 Å². The molecule has 0 radical (unpaired) electrons. The zero-order valence-corrected chi connectivity index (χ0v) is 11.0. The first-order chi connectivity index (χ1) is 7.20. The van der Waals surface area contributed by atoms with Crippen LogP contribution < -0.4 is 4.74 Å². The number of carbonyl (C=O) groups is 1. The Morgan fingerprint density at radius 1 is 1.31 bits per heavy atom. The topological polar surface area (TPSA) is 26.3 Å². The van der Waals surface area contributed by atoms with E-state index in [-0.39, 0.29) is 10.0 Å². The number of carbonyl (C=O) groups excluding carboxylic acids is 1. The number of benzene rings is 1. The van der Waals surface area contributed by atoms with Crippen LogP contribution in [0.2, 0.25) is 0 Å². The number of alkyl halides is 3. The second kappa shape index (κ2) is 4.75. The standard InChI is InChI=1S/C9H5Br2F3O2/c1-4(15)6-2-5(10)3-7(11)8(6)16-9(12,13)14/h2-3H,1H3. The van der Waals surface area contributed by atoms with E-state index in [1.807, 2.05) is 0 Å². The molecule has 1 rings (SSSR count). The largest absolute Gasteiger partial charge is 0.573 e. The first-order valence-corrected chi connectivity index (χ1v) is 5.55. The highest BCUT2D eigenvalue weighted by molar-refractivity contribution is 9.11. The highest BCUT2D eigenvalue weighted by atomic mass is 79.9. The van der Waals surface area contributed by atoms with Crippen molar-refractivity contribution in [3.8, 4) is 5.75 Å². The number of ketones is 1. The third-order valence-electron chi connectivity index (χ3n) is 1.61. The van der Waals surface area contributed by atoms with Crippen LogP contribution in [0.3, 0.4) is 0 Å². The highest BCUT2D eigenvalue weighted by Crippen LogP contribution is 2.36. The number of halogens is 5. The molecule has 0 heterocycles. The number of rotatable bonds is 2. The molecule has 2 nitrogen and oxygen atoms in total. The van der Waals surface area contributed by atoms with E-state index in [4.69, 9.17) is 0 Å². The number of ether oxygens (including phenoxy) is 1. The van der Waals surface area contributed by atoms with Crippen molar-refractivity contribution in [2.24, 2.45) is 0 Å². The molecule has 0 aliphatic heterocycles. The molecule has 0 aliphatic carbocycles. The van der Waals surface area contributed by atoms with Gasteiger partial charge in [-0.15, -0.1) is 13.2 Å². The van der Waals surface area contributed by atoms with Crippen LogP contribution in [0, 0.1) is 0 Å². The second-order valence-electron chi connectivity index (χ2n) is 2.87. The molecule has 7 heteroatoms. The monoisotopic (exact) mass is 360 g/mol. The fraction of sp³-hybridized carbons (Fsp3) is 0.222. The molecular weight excluding hydrogens is 357 g/mol. The Bertz CT molecular complexity index is 429. The van der Waals surface area contributed by atoms with E-state index in [1.54, 1.807) is 0 Å². The lowest BCUT2D eigenvalue weighted by molar-refractivity contribution is -0.275. The molecule has 0 fully saturated rings. The van der Waals surface area contributed by atoms with Crippen molar-refractivity contribution in [1.82, 2.24) is 0 Å². The molecule has 0 unspecified atom stereocenters. The molecule has 16 heavy (non-hydrogen) atoms.